The molecule has 0 radical (unpaired) electrons. The summed E-state index contributed by atoms with van der Waals surface area (Å²) in [5, 5.41) is 13.4. The molecule has 3 fully saturated rings. The van der Waals surface area contributed by atoms with Crippen molar-refractivity contribution >= 4 is 62.5 Å². The Bertz CT molecular complexity index is 2140. The number of carbonyl (C=O) groups excluding carboxylic acids is 4. The molecule has 8 rings (SSSR count). The second kappa shape index (κ2) is 12.4. The van der Waals surface area contributed by atoms with Gasteiger partial charge in [-0.3, -0.25) is 29.5 Å². The number of methoxy groups -OCH3 is 1. The fourth-order valence-corrected chi connectivity index (χ4v) is 9.49. The standard InChI is InChI=1S/C40H33BrClN3O6/c1-21-8-12-25(13-9-21)43-45-37(48)31-20-29-27(16-17-28-33(29)38(49)44(36(28)47)26-14-10-24(42)11-15-26)34(30-18-23(41)19-32(51-2)35(30)46)40(31,39(45)50)22-6-4-3-5-7-22/h3-16,18-19,28-29,31,33-34,43,46H,17,20H2,1-2H3. The Morgan fingerprint density at radius 3 is 2.29 bits per heavy atom. The van der Waals surface area contributed by atoms with E-state index in [4.69, 9.17) is 16.3 Å². The van der Waals surface area contributed by atoms with Gasteiger partial charge in [0.25, 0.3) is 11.8 Å². The Labute approximate surface area is 307 Å². The molecule has 4 amide bonds. The number of carbonyl (C=O) groups is 4. The number of hydrogen-bond acceptors (Lipinski definition) is 7. The fourth-order valence-electron chi connectivity index (χ4n) is 8.91. The van der Waals surface area contributed by atoms with Crippen LogP contribution >= 0.6 is 27.5 Å². The molecule has 0 aromatic heterocycles. The molecule has 2 aliphatic heterocycles. The number of ether oxygens (including phenoxy) is 1. The molecule has 4 aromatic carbocycles. The van der Waals surface area contributed by atoms with Crippen molar-refractivity contribution in [2.24, 2.45) is 23.7 Å². The number of nitrogens with one attached hydrogen (secondary N) is 1. The van der Waals surface area contributed by atoms with E-state index in [1.54, 1.807) is 48.5 Å². The van der Waals surface area contributed by atoms with Crippen LogP contribution in [0.3, 0.4) is 0 Å². The first-order valence-corrected chi connectivity index (χ1v) is 17.9. The van der Waals surface area contributed by atoms with Crippen LogP contribution in [-0.4, -0.2) is 40.9 Å². The molecular formula is C40H33BrClN3O6. The molecule has 2 heterocycles. The van der Waals surface area contributed by atoms with Gasteiger partial charge in [0.2, 0.25) is 11.8 Å². The number of hydrazine groups is 1. The molecule has 0 bridgehead atoms. The molecule has 4 aliphatic rings. The third-order valence-electron chi connectivity index (χ3n) is 11.1. The summed E-state index contributed by atoms with van der Waals surface area (Å²) in [6, 6.07) is 26.5. The zero-order chi connectivity index (χ0) is 35.8. The zero-order valence-electron chi connectivity index (χ0n) is 27.7. The van der Waals surface area contributed by atoms with E-state index in [0.29, 0.717) is 32.0 Å². The normalized spacial score (nSPS) is 26.8. The number of aromatic hydroxyl groups is 1. The van der Waals surface area contributed by atoms with Gasteiger partial charge in [0.1, 0.15) is 0 Å². The van der Waals surface area contributed by atoms with Gasteiger partial charge in [-0.15, -0.1) is 0 Å². The van der Waals surface area contributed by atoms with E-state index in [-0.39, 0.29) is 36.2 Å². The van der Waals surface area contributed by atoms with Gasteiger partial charge in [0, 0.05) is 21.0 Å². The van der Waals surface area contributed by atoms with E-state index in [1.165, 1.54) is 12.0 Å². The lowest BCUT2D eigenvalue weighted by atomic mass is 9.49. The van der Waals surface area contributed by atoms with Crippen molar-refractivity contribution in [3.8, 4) is 11.5 Å². The highest BCUT2D eigenvalue weighted by Crippen LogP contribution is 2.65. The summed E-state index contributed by atoms with van der Waals surface area (Å²) in [6.07, 6.45) is 2.33. The number of nitrogens with zero attached hydrogens (tertiary/aromatic N) is 2. The average Bonchev–Trinajstić information content (AvgIpc) is 3.51. The minimum atomic E-state index is -1.53. The van der Waals surface area contributed by atoms with Crippen molar-refractivity contribution in [2.75, 3.05) is 17.4 Å². The highest BCUT2D eigenvalue weighted by molar-refractivity contribution is 9.10. The predicted molar refractivity (Wildman–Crippen MR) is 195 cm³/mol. The Morgan fingerprint density at radius 1 is 0.902 bits per heavy atom. The van der Waals surface area contributed by atoms with Crippen LogP contribution in [0.1, 0.15) is 35.4 Å². The molecule has 1 saturated carbocycles. The lowest BCUT2D eigenvalue weighted by Crippen LogP contribution is -2.53. The molecule has 258 valence electrons. The highest BCUT2D eigenvalue weighted by atomic mass is 79.9. The van der Waals surface area contributed by atoms with Gasteiger partial charge in [-0.25, -0.2) is 0 Å². The van der Waals surface area contributed by atoms with Gasteiger partial charge >= 0.3 is 0 Å². The monoisotopic (exact) mass is 765 g/mol. The Kier molecular flexibility index (Phi) is 8.07. The number of imide groups is 2. The Morgan fingerprint density at radius 2 is 1.61 bits per heavy atom. The van der Waals surface area contributed by atoms with Crippen LogP contribution < -0.4 is 15.1 Å². The summed E-state index contributed by atoms with van der Waals surface area (Å²) in [5.74, 6) is -5.53. The number of halogens is 2. The van der Waals surface area contributed by atoms with E-state index >= 15 is 4.79 Å². The van der Waals surface area contributed by atoms with Gasteiger partial charge in [0.15, 0.2) is 11.5 Å². The van der Waals surface area contributed by atoms with Crippen molar-refractivity contribution in [3.63, 3.8) is 0 Å². The topological polar surface area (TPSA) is 116 Å². The number of amides is 4. The van der Waals surface area contributed by atoms with E-state index in [1.807, 2.05) is 55.5 Å². The molecule has 51 heavy (non-hydrogen) atoms. The third kappa shape index (κ3) is 4.94. The number of fused-ring (bicyclic) bond motifs is 4. The quantitative estimate of drug-likeness (QED) is 0.156. The van der Waals surface area contributed by atoms with Crippen molar-refractivity contribution in [3.05, 3.63) is 129 Å². The van der Waals surface area contributed by atoms with Crippen molar-refractivity contribution < 1.29 is 29.0 Å². The van der Waals surface area contributed by atoms with E-state index in [0.717, 1.165) is 16.1 Å². The predicted octanol–water partition coefficient (Wildman–Crippen LogP) is 7.31. The summed E-state index contributed by atoms with van der Waals surface area (Å²) < 4.78 is 6.18. The summed E-state index contributed by atoms with van der Waals surface area (Å²) >= 11 is 9.72. The van der Waals surface area contributed by atoms with Crippen LogP contribution in [0.2, 0.25) is 5.02 Å². The maximum atomic E-state index is 15.3. The number of aryl methyl sites for hydroxylation is 1. The van der Waals surface area contributed by atoms with Crippen LogP contribution in [0, 0.1) is 30.6 Å². The molecule has 2 N–H and O–H groups in total. The number of benzene rings is 4. The molecule has 6 unspecified atom stereocenters. The summed E-state index contributed by atoms with van der Waals surface area (Å²) in [6.45, 7) is 1.95. The molecule has 11 heteroatoms. The molecule has 2 saturated heterocycles. The SMILES string of the molecule is COc1cc(Br)cc(C2C3=CCC4C(=O)N(c5ccc(Cl)cc5)C(=O)C4C3CC3C(=O)N(Nc4ccc(C)cc4)C(=O)C32c2ccccc2)c1O. The maximum absolute atomic E-state index is 15.3. The van der Waals surface area contributed by atoms with Crippen LogP contribution in [0.4, 0.5) is 11.4 Å². The molecule has 2 aliphatic carbocycles. The van der Waals surface area contributed by atoms with Crippen molar-refractivity contribution in [2.45, 2.75) is 31.1 Å². The van der Waals surface area contributed by atoms with Gasteiger partial charge in [-0.1, -0.05) is 87.2 Å². The summed E-state index contributed by atoms with van der Waals surface area (Å²) in [5.41, 5.74) is 5.25. The van der Waals surface area contributed by atoms with E-state index < -0.39 is 46.8 Å². The molecule has 4 aromatic rings. The molecular weight excluding hydrogens is 734 g/mol. The first-order chi connectivity index (χ1) is 24.6. The lowest BCUT2D eigenvalue weighted by Gasteiger charge is -2.50. The number of phenols is 1. The van der Waals surface area contributed by atoms with Gasteiger partial charge in [-0.05, 0) is 79.8 Å². The maximum Gasteiger partial charge on any atom is 0.260 e. The minimum absolute atomic E-state index is 0.133. The minimum Gasteiger partial charge on any atom is -0.504 e. The van der Waals surface area contributed by atoms with Gasteiger partial charge in [0.05, 0.1) is 41.7 Å². The second-order valence-electron chi connectivity index (χ2n) is 13.6. The molecule has 0 spiro atoms. The van der Waals surface area contributed by atoms with Crippen molar-refractivity contribution in [1.82, 2.24) is 5.01 Å². The summed E-state index contributed by atoms with van der Waals surface area (Å²) in [7, 11) is 1.45. The smallest absolute Gasteiger partial charge is 0.260 e. The van der Waals surface area contributed by atoms with E-state index in [2.05, 4.69) is 21.4 Å². The highest BCUT2D eigenvalue weighted by Gasteiger charge is 2.70. The number of anilines is 2. The zero-order valence-corrected chi connectivity index (χ0v) is 30.0. The average molecular weight is 767 g/mol. The Hall–Kier alpha value is -4.93. The first kappa shape index (κ1) is 33.2. The van der Waals surface area contributed by atoms with Crippen LogP contribution in [0.25, 0.3) is 0 Å². The van der Waals surface area contributed by atoms with Crippen LogP contribution in [0.15, 0.2) is 107 Å². The number of phenolic OH excluding ortho intramolecular Hbond substituents is 1. The molecule has 6 atom stereocenters. The van der Waals surface area contributed by atoms with Crippen molar-refractivity contribution in [1.29, 1.82) is 0 Å². The fraction of sp³-hybridized carbons (Fsp3) is 0.250. The number of hydrogen-bond donors (Lipinski definition) is 2. The number of rotatable bonds is 6. The molecule has 9 nitrogen and oxygen atoms in total. The number of allylic oxidation sites excluding steroid dienone is 2. The van der Waals surface area contributed by atoms with Gasteiger partial charge in [-0.2, -0.15) is 5.01 Å². The van der Waals surface area contributed by atoms with Gasteiger partial charge < -0.3 is 9.84 Å². The largest absolute Gasteiger partial charge is 0.504 e. The summed E-state index contributed by atoms with van der Waals surface area (Å²) in [4.78, 5) is 59.8. The van der Waals surface area contributed by atoms with Crippen LogP contribution in [-0.2, 0) is 24.6 Å². The van der Waals surface area contributed by atoms with Crippen LogP contribution in [0.5, 0.6) is 11.5 Å². The second-order valence-corrected chi connectivity index (χ2v) is 15.0. The van der Waals surface area contributed by atoms with E-state index in [9.17, 15) is 19.5 Å². The third-order valence-corrected chi connectivity index (χ3v) is 11.8. The first-order valence-electron chi connectivity index (χ1n) is 16.7. The Balaban J connectivity index is 1.35. The lowest BCUT2D eigenvalue weighted by molar-refractivity contribution is -0.138.